The largest absolute Gasteiger partial charge is 0.477 e. The van der Waals surface area contributed by atoms with Crippen LogP contribution in [-0.2, 0) is 6.54 Å². The number of rotatable bonds is 6. The molecule has 174 valence electrons. The maximum atomic E-state index is 14.6. The van der Waals surface area contributed by atoms with Crippen molar-refractivity contribution in [1.82, 2.24) is 9.47 Å². The predicted octanol–water partition coefficient (Wildman–Crippen LogP) is 3.95. The molecule has 1 N–H and O–H groups in total. The number of benzene rings is 1. The van der Waals surface area contributed by atoms with Crippen LogP contribution in [0, 0.1) is 11.7 Å². The number of likely N-dealkylation sites (N-methyl/N-ethyl adjacent to an activating group) is 1. The summed E-state index contributed by atoms with van der Waals surface area (Å²) in [5.41, 5.74) is 7.87. The molecule has 1 fully saturated rings. The van der Waals surface area contributed by atoms with E-state index in [2.05, 4.69) is 28.8 Å². The molecule has 3 rings (SSSR count). The van der Waals surface area contributed by atoms with Crippen LogP contribution in [0.5, 0.6) is 0 Å². The minimum atomic E-state index is -1.30. The summed E-state index contributed by atoms with van der Waals surface area (Å²) in [5.74, 6) is -1.15. The minimum Gasteiger partial charge on any atom is -0.477 e. The molecule has 9 nitrogen and oxygen atoms in total. The molecule has 1 aromatic carbocycles. The number of pyridine rings is 1. The molecule has 1 aromatic heterocycles. The predicted molar refractivity (Wildman–Crippen MR) is 124 cm³/mol. The first-order valence-electron chi connectivity index (χ1n) is 10.7. The fraction of sp³-hybridized carbons (Fsp3) is 0.545. The van der Waals surface area contributed by atoms with Crippen LogP contribution in [0.4, 0.5) is 10.1 Å². The van der Waals surface area contributed by atoms with Gasteiger partial charge in [0.25, 0.3) is 0 Å². The summed E-state index contributed by atoms with van der Waals surface area (Å²) in [5, 5.41) is 12.7. The van der Waals surface area contributed by atoms with E-state index in [1.165, 1.54) is 12.3 Å². The van der Waals surface area contributed by atoms with Gasteiger partial charge in [-0.15, -0.1) is 0 Å². The van der Waals surface area contributed by atoms with Crippen LogP contribution in [0.3, 0.4) is 0 Å². The van der Waals surface area contributed by atoms with Gasteiger partial charge in [0.05, 0.1) is 11.2 Å². The Balaban J connectivity index is 0.000000390. The van der Waals surface area contributed by atoms with Crippen molar-refractivity contribution in [3.63, 3.8) is 0 Å². The number of anilines is 1. The first kappa shape index (κ1) is 25.2. The Morgan fingerprint density at radius 2 is 1.94 bits per heavy atom. The monoisotopic (exact) mass is 446 g/mol. The summed E-state index contributed by atoms with van der Waals surface area (Å²) >= 11 is 0. The number of aryl methyl sites for hydroxylation is 1. The summed E-state index contributed by atoms with van der Waals surface area (Å²) in [6.45, 7) is 10.3. The number of halogens is 1. The molecule has 10 heteroatoms. The highest BCUT2D eigenvalue weighted by Crippen LogP contribution is 2.26. The lowest BCUT2D eigenvalue weighted by Crippen LogP contribution is -2.44. The van der Waals surface area contributed by atoms with Crippen molar-refractivity contribution < 1.29 is 14.3 Å². The van der Waals surface area contributed by atoms with E-state index in [0.717, 1.165) is 19.5 Å². The number of carbonyl (C=O) groups is 1. The SMILES string of the molecule is CC(C)CCN=[N+]=[N-].CCn1cc(C(=O)O)c(=O)c2cc(F)c(N3CCN(C)CC3)cc21. The second kappa shape index (κ2) is 11.5. The number of nitrogens with zero attached hydrogens (tertiary/aromatic N) is 6. The van der Waals surface area contributed by atoms with E-state index in [1.54, 1.807) is 10.6 Å². The zero-order valence-electron chi connectivity index (χ0n) is 19.1. The number of azide groups is 1. The van der Waals surface area contributed by atoms with Gasteiger partial charge in [-0.25, -0.2) is 9.18 Å². The minimum absolute atomic E-state index is 0.104. The summed E-state index contributed by atoms with van der Waals surface area (Å²) < 4.78 is 16.3. The highest BCUT2D eigenvalue weighted by atomic mass is 19.1. The van der Waals surface area contributed by atoms with Crippen LogP contribution in [-0.4, -0.2) is 60.3 Å². The molecule has 0 unspecified atom stereocenters. The number of carboxylic acids is 1. The number of aromatic carboxylic acids is 1. The molecular weight excluding hydrogens is 415 g/mol. The van der Waals surface area contributed by atoms with Crippen LogP contribution < -0.4 is 10.3 Å². The van der Waals surface area contributed by atoms with Crippen LogP contribution in [0.1, 0.15) is 37.6 Å². The maximum Gasteiger partial charge on any atom is 0.341 e. The van der Waals surface area contributed by atoms with Gasteiger partial charge in [0, 0.05) is 55.8 Å². The fourth-order valence-corrected chi connectivity index (χ4v) is 3.46. The van der Waals surface area contributed by atoms with E-state index in [-0.39, 0.29) is 10.9 Å². The van der Waals surface area contributed by atoms with Gasteiger partial charge in [-0.2, -0.15) is 0 Å². The van der Waals surface area contributed by atoms with E-state index in [1.807, 2.05) is 18.9 Å². The Labute approximate surface area is 186 Å². The Morgan fingerprint density at radius 3 is 2.47 bits per heavy atom. The highest BCUT2D eigenvalue weighted by Gasteiger charge is 2.21. The number of hydrogen-bond acceptors (Lipinski definition) is 5. The summed E-state index contributed by atoms with van der Waals surface area (Å²) in [7, 11) is 2.02. The summed E-state index contributed by atoms with van der Waals surface area (Å²) in [4.78, 5) is 30.4. The van der Waals surface area contributed by atoms with Crippen molar-refractivity contribution in [1.29, 1.82) is 0 Å². The van der Waals surface area contributed by atoms with Gasteiger partial charge in [-0.3, -0.25) is 4.79 Å². The first-order valence-corrected chi connectivity index (χ1v) is 10.7. The van der Waals surface area contributed by atoms with Crippen molar-refractivity contribution in [3.05, 3.63) is 50.4 Å². The molecule has 2 aromatic rings. The molecule has 0 amide bonds. The van der Waals surface area contributed by atoms with Crippen LogP contribution in [0.25, 0.3) is 21.3 Å². The third-order valence-corrected chi connectivity index (χ3v) is 5.43. The third kappa shape index (κ3) is 6.21. The second-order valence-corrected chi connectivity index (χ2v) is 8.21. The Morgan fingerprint density at radius 1 is 1.28 bits per heavy atom. The van der Waals surface area contributed by atoms with Crippen LogP contribution >= 0.6 is 0 Å². The van der Waals surface area contributed by atoms with Crippen LogP contribution in [0.2, 0.25) is 0 Å². The standard InChI is InChI=1S/C17H20FN3O3.C5H11N3/c1-3-20-10-12(17(23)24)16(22)11-8-13(18)15(9-14(11)20)21-6-4-19(2)5-7-21;1-5(2)3-4-7-8-6/h8-10H,3-7H2,1-2H3,(H,23,24);5H,3-4H2,1-2H3. The Kier molecular flexibility index (Phi) is 9.04. The molecule has 0 bridgehead atoms. The molecule has 0 aliphatic carbocycles. The lowest BCUT2D eigenvalue weighted by atomic mass is 10.1. The lowest BCUT2D eigenvalue weighted by Gasteiger charge is -2.34. The first-order chi connectivity index (χ1) is 15.2. The van der Waals surface area contributed by atoms with E-state index >= 15 is 0 Å². The van der Waals surface area contributed by atoms with E-state index < -0.39 is 17.2 Å². The van der Waals surface area contributed by atoms with Gasteiger partial charge in [-0.1, -0.05) is 19.0 Å². The summed E-state index contributed by atoms with van der Waals surface area (Å²) in [6.07, 6.45) is 2.32. The smallest absolute Gasteiger partial charge is 0.341 e. The fourth-order valence-electron chi connectivity index (χ4n) is 3.46. The lowest BCUT2D eigenvalue weighted by molar-refractivity contribution is 0.0695. The third-order valence-electron chi connectivity index (χ3n) is 5.43. The van der Waals surface area contributed by atoms with Crippen molar-refractivity contribution >= 4 is 22.6 Å². The summed E-state index contributed by atoms with van der Waals surface area (Å²) in [6, 6.07) is 2.83. The van der Waals surface area contributed by atoms with Crippen molar-refractivity contribution in [2.24, 2.45) is 11.0 Å². The van der Waals surface area contributed by atoms with Crippen molar-refractivity contribution in [2.75, 3.05) is 44.7 Å². The zero-order valence-corrected chi connectivity index (χ0v) is 19.1. The zero-order chi connectivity index (χ0) is 23.8. The number of carboxylic acid groups (broad SMARTS) is 1. The van der Waals surface area contributed by atoms with Gasteiger partial charge in [-0.05, 0) is 44.0 Å². The molecule has 0 atom stereocenters. The number of piperazine rings is 1. The quantitative estimate of drug-likeness (QED) is 0.410. The molecule has 1 saturated heterocycles. The van der Waals surface area contributed by atoms with E-state index in [0.29, 0.717) is 43.3 Å². The average molecular weight is 447 g/mol. The molecular formula is C22H31FN6O3. The second-order valence-electron chi connectivity index (χ2n) is 8.21. The average Bonchev–Trinajstić information content (AvgIpc) is 2.75. The van der Waals surface area contributed by atoms with Crippen molar-refractivity contribution in [2.45, 2.75) is 33.7 Å². The molecule has 32 heavy (non-hydrogen) atoms. The molecule has 2 heterocycles. The molecule has 0 radical (unpaired) electrons. The van der Waals surface area contributed by atoms with Crippen LogP contribution in [0.15, 0.2) is 28.2 Å². The topological polar surface area (TPSA) is 115 Å². The molecule has 1 aliphatic heterocycles. The van der Waals surface area contributed by atoms with Gasteiger partial charge >= 0.3 is 5.97 Å². The Bertz CT molecular complexity index is 1050. The van der Waals surface area contributed by atoms with E-state index in [9.17, 15) is 19.1 Å². The van der Waals surface area contributed by atoms with Gasteiger partial charge in [0.15, 0.2) is 0 Å². The number of fused-ring (bicyclic) bond motifs is 1. The number of hydrogen-bond donors (Lipinski definition) is 1. The number of aromatic nitrogens is 1. The highest BCUT2D eigenvalue weighted by molar-refractivity contribution is 5.93. The molecule has 1 aliphatic rings. The Hall–Kier alpha value is -3.10. The van der Waals surface area contributed by atoms with E-state index in [4.69, 9.17) is 5.53 Å². The van der Waals surface area contributed by atoms with Crippen molar-refractivity contribution in [3.8, 4) is 0 Å². The molecule has 0 spiro atoms. The normalized spacial score (nSPS) is 14.1. The van der Waals surface area contributed by atoms with Gasteiger partial charge in [0.2, 0.25) is 5.43 Å². The van der Waals surface area contributed by atoms with Gasteiger partial charge in [0.1, 0.15) is 11.4 Å². The van der Waals surface area contributed by atoms with Gasteiger partial charge < -0.3 is 19.5 Å². The maximum absolute atomic E-state index is 14.6. The molecule has 0 saturated carbocycles.